The van der Waals surface area contributed by atoms with Crippen molar-refractivity contribution in [1.29, 1.82) is 0 Å². The zero-order chi connectivity index (χ0) is 16.0. The van der Waals surface area contributed by atoms with Gasteiger partial charge in [0, 0.05) is 17.0 Å². The van der Waals surface area contributed by atoms with Crippen molar-refractivity contribution in [3.05, 3.63) is 42.0 Å². The summed E-state index contributed by atoms with van der Waals surface area (Å²) in [6.07, 6.45) is 3.52. The molecule has 2 aromatic rings. The van der Waals surface area contributed by atoms with E-state index in [1.54, 1.807) is 30.4 Å². The molecule has 1 heterocycles. The molecule has 8 heteroatoms. The smallest absolute Gasteiger partial charge is 0.489 e. The van der Waals surface area contributed by atoms with E-state index in [4.69, 9.17) is 4.74 Å². The molecule has 1 aliphatic heterocycles. The van der Waals surface area contributed by atoms with Crippen LogP contribution in [0.15, 0.2) is 36.4 Å². The molecule has 2 aromatic carbocycles. The molecule has 3 rings (SSSR count). The van der Waals surface area contributed by atoms with Crippen LogP contribution in [-0.2, 0) is 10.1 Å². The van der Waals surface area contributed by atoms with Gasteiger partial charge in [0.15, 0.2) is 5.75 Å². The Morgan fingerprint density at radius 2 is 1.82 bits per heavy atom. The van der Waals surface area contributed by atoms with Crippen LogP contribution in [0.5, 0.6) is 11.5 Å². The lowest BCUT2D eigenvalue weighted by Crippen LogP contribution is -2.28. The van der Waals surface area contributed by atoms with Gasteiger partial charge >= 0.3 is 15.6 Å². The van der Waals surface area contributed by atoms with Crippen molar-refractivity contribution in [3.63, 3.8) is 0 Å². The van der Waals surface area contributed by atoms with Crippen LogP contribution in [0.2, 0.25) is 0 Å². The summed E-state index contributed by atoms with van der Waals surface area (Å²) in [6, 6.07) is 7.56. The second kappa shape index (κ2) is 4.91. The van der Waals surface area contributed by atoms with E-state index in [9.17, 15) is 21.6 Å². The summed E-state index contributed by atoms with van der Waals surface area (Å²) in [6.45, 7) is 0.247. The summed E-state index contributed by atoms with van der Waals surface area (Å²) in [7, 11) is -5.74. The van der Waals surface area contributed by atoms with Gasteiger partial charge in [0.1, 0.15) is 12.4 Å². The Kier molecular flexibility index (Phi) is 3.28. The monoisotopic (exact) mass is 330 g/mol. The highest BCUT2D eigenvalue weighted by atomic mass is 32.2. The molecule has 0 aliphatic carbocycles. The fourth-order valence-electron chi connectivity index (χ4n) is 2.17. The van der Waals surface area contributed by atoms with Gasteiger partial charge in [-0.05, 0) is 11.5 Å². The van der Waals surface area contributed by atoms with Gasteiger partial charge in [-0.25, -0.2) is 0 Å². The Hall–Kier alpha value is -2.22. The zero-order valence-electron chi connectivity index (χ0n) is 10.9. The first kappa shape index (κ1) is 14.7. The number of ether oxygens (including phenoxy) is 1. The predicted octanol–water partition coefficient (Wildman–Crippen LogP) is 3.47. The van der Waals surface area contributed by atoms with E-state index in [0.717, 1.165) is 6.07 Å². The third-order valence-corrected chi connectivity index (χ3v) is 4.08. The van der Waals surface area contributed by atoms with Crippen LogP contribution in [0.1, 0.15) is 5.56 Å². The van der Waals surface area contributed by atoms with Gasteiger partial charge in [0.25, 0.3) is 0 Å². The van der Waals surface area contributed by atoms with Crippen molar-refractivity contribution < 1.29 is 30.5 Å². The lowest BCUT2D eigenvalue weighted by atomic mass is 10.0. The molecular weight excluding hydrogens is 321 g/mol. The molecule has 0 fully saturated rings. The largest absolute Gasteiger partial charge is 0.534 e. The highest BCUT2D eigenvalue weighted by Gasteiger charge is 2.48. The maximum atomic E-state index is 12.5. The van der Waals surface area contributed by atoms with Gasteiger partial charge in [-0.15, -0.1) is 0 Å². The van der Waals surface area contributed by atoms with Gasteiger partial charge in [0.05, 0.1) is 0 Å². The average Bonchev–Trinajstić information content (AvgIpc) is 2.46. The molecule has 0 spiro atoms. The minimum atomic E-state index is -5.74. The quantitative estimate of drug-likeness (QED) is 0.625. The van der Waals surface area contributed by atoms with E-state index in [2.05, 4.69) is 4.18 Å². The number of rotatable bonds is 2. The summed E-state index contributed by atoms with van der Waals surface area (Å²) < 4.78 is 69.6. The molecule has 0 radical (unpaired) electrons. The number of halogens is 3. The van der Waals surface area contributed by atoms with Crippen molar-refractivity contribution in [2.75, 3.05) is 6.61 Å². The van der Waals surface area contributed by atoms with Crippen molar-refractivity contribution in [2.45, 2.75) is 5.51 Å². The molecule has 1 aliphatic rings. The van der Waals surface area contributed by atoms with E-state index >= 15 is 0 Å². The van der Waals surface area contributed by atoms with Gasteiger partial charge in [0.2, 0.25) is 0 Å². The molecule has 0 saturated carbocycles. The molecule has 0 unspecified atom stereocenters. The molecule has 0 aromatic heterocycles. The topological polar surface area (TPSA) is 52.6 Å². The van der Waals surface area contributed by atoms with Crippen LogP contribution in [0.3, 0.4) is 0 Å². The maximum Gasteiger partial charge on any atom is 0.534 e. The number of alkyl halides is 3. The summed E-state index contributed by atoms with van der Waals surface area (Å²) in [5, 5.41) is 0.799. The minimum absolute atomic E-state index is 0.247. The number of hydrogen-bond donors (Lipinski definition) is 0. The molecule has 22 heavy (non-hydrogen) atoms. The summed E-state index contributed by atoms with van der Waals surface area (Å²) in [5.74, 6) is -0.143. The first-order chi connectivity index (χ1) is 10.3. The van der Waals surface area contributed by atoms with E-state index < -0.39 is 21.4 Å². The summed E-state index contributed by atoms with van der Waals surface area (Å²) >= 11 is 0. The Morgan fingerprint density at radius 3 is 2.50 bits per heavy atom. The SMILES string of the molecule is O=S(=O)(Oc1cc2c(c3ccccc13)C=CCO2)C(F)(F)F. The Labute approximate surface area is 123 Å². The fraction of sp³-hybridized carbons (Fsp3) is 0.143. The van der Waals surface area contributed by atoms with Crippen LogP contribution >= 0.6 is 0 Å². The number of benzene rings is 2. The standard InChI is InChI=1S/C14H9F3O4S/c15-14(16,17)22(18,19)21-13-8-12-10(6-3-7-20-12)9-4-1-2-5-11(9)13/h1-6,8H,7H2. The lowest BCUT2D eigenvalue weighted by molar-refractivity contribution is -0.0499. The highest BCUT2D eigenvalue weighted by molar-refractivity contribution is 7.88. The Balaban J connectivity index is 2.21. The number of hydrogen-bond acceptors (Lipinski definition) is 4. The summed E-state index contributed by atoms with van der Waals surface area (Å²) in [4.78, 5) is 0. The normalized spacial score (nSPS) is 14.5. The van der Waals surface area contributed by atoms with Crippen molar-refractivity contribution in [2.24, 2.45) is 0 Å². The van der Waals surface area contributed by atoms with Gasteiger partial charge in [-0.3, -0.25) is 0 Å². The highest BCUT2D eigenvalue weighted by Crippen LogP contribution is 2.40. The van der Waals surface area contributed by atoms with Crippen LogP contribution in [0, 0.1) is 0 Å². The van der Waals surface area contributed by atoms with Crippen LogP contribution in [-0.4, -0.2) is 20.5 Å². The molecule has 0 N–H and O–H groups in total. The first-order valence-corrected chi connectivity index (χ1v) is 7.56. The fourth-order valence-corrected chi connectivity index (χ4v) is 2.64. The van der Waals surface area contributed by atoms with Gasteiger partial charge < -0.3 is 8.92 Å². The van der Waals surface area contributed by atoms with E-state index in [0.29, 0.717) is 10.9 Å². The maximum absolute atomic E-state index is 12.5. The third-order valence-electron chi connectivity index (χ3n) is 3.11. The molecule has 0 bridgehead atoms. The van der Waals surface area contributed by atoms with E-state index in [1.165, 1.54) is 6.07 Å². The predicted molar refractivity (Wildman–Crippen MR) is 74.1 cm³/mol. The van der Waals surface area contributed by atoms with E-state index in [1.807, 2.05) is 0 Å². The van der Waals surface area contributed by atoms with Crippen LogP contribution < -0.4 is 8.92 Å². The zero-order valence-corrected chi connectivity index (χ0v) is 11.7. The lowest BCUT2D eigenvalue weighted by Gasteiger charge is -2.18. The second-order valence-electron chi connectivity index (χ2n) is 4.53. The summed E-state index contributed by atoms with van der Waals surface area (Å²) in [5.41, 5.74) is -4.83. The molecule has 0 amide bonds. The molecule has 4 nitrogen and oxygen atoms in total. The molecule has 0 atom stereocenters. The first-order valence-electron chi connectivity index (χ1n) is 6.15. The van der Waals surface area contributed by atoms with Gasteiger partial charge in [-0.2, -0.15) is 21.6 Å². The Morgan fingerprint density at radius 1 is 1.14 bits per heavy atom. The van der Waals surface area contributed by atoms with Crippen molar-refractivity contribution in [3.8, 4) is 11.5 Å². The van der Waals surface area contributed by atoms with Crippen molar-refractivity contribution in [1.82, 2.24) is 0 Å². The molecular formula is C14H9F3O4S. The van der Waals surface area contributed by atoms with E-state index in [-0.39, 0.29) is 17.7 Å². The second-order valence-corrected chi connectivity index (χ2v) is 6.07. The minimum Gasteiger partial charge on any atom is -0.489 e. The molecule has 116 valence electrons. The average molecular weight is 330 g/mol. The third kappa shape index (κ3) is 2.39. The Bertz CT molecular complexity index is 870. The van der Waals surface area contributed by atoms with Crippen molar-refractivity contribution >= 4 is 27.0 Å². The van der Waals surface area contributed by atoms with Crippen LogP contribution in [0.25, 0.3) is 16.8 Å². The number of fused-ring (bicyclic) bond motifs is 3. The molecule has 0 saturated heterocycles. The van der Waals surface area contributed by atoms with Crippen LogP contribution in [0.4, 0.5) is 13.2 Å². The van der Waals surface area contributed by atoms with Gasteiger partial charge in [-0.1, -0.05) is 30.3 Å².